The summed E-state index contributed by atoms with van der Waals surface area (Å²) in [5.74, 6) is 1.52. The molecule has 0 bridgehead atoms. The fraction of sp³-hybridized carbons (Fsp3) is 0.185. The van der Waals surface area contributed by atoms with Crippen LogP contribution < -0.4 is 5.32 Å². The lowest BCUT2D eigenvalue weighted by Crippen LogP contribution is -2.35. The molecular weight excluding hydrogens is 416 g/mol. The van der Waals surface area contributed by atoms with E-state index in [2.05, 4.69) is 5.32 Å². The summed E-state index contributed by atoms with van der Waals surface area (Å²) in [6.07, 6.45) is 0.678. The number of amides is 2. The monoisotopic (exact) mass is 440 g/mol. The van der Waals surface area contributed by atoms with E-state index in [1.54, 1.807) is 0 Å². The summed E-state index contributed by atoms with van der Waals surface area (Å²) >= 11 is 0. The molecule has 0 saturated heterocycles. The van der Waals surface area contributed by atoms with Crippen molar-refractivity contribution in [3.8, 4) is 11.3 Å². The highest BCUT2D eigenvalue weighted by molar-refractivity contribution is 6.07. The number of rotatable bonds is 5. The number of hydrogen-bond donors (Lipinski definition) is 1. The molecule has 0 unspecified atom stereocenters. The van der Waals surface area contributed by atoms with Crippen molar-refractivity contribution in [1.29, 1.82) is 0 Å². The van der Waals surface area contributed by atoms with E-state index in [9.17, 15) is 9.59 Å². The Morgan fingerprint density at radius 3 is 2.64 bits per heavy atom. The second kappa shape index (κ2) is 8.92. The van der Waals surface area contributed by atoms with Gasteiger partial charge in [0.2, 0.25) is 5.91 Å². The van der Waals surface area contributed by atoms with Gasteiger partial charge in [-0.15, -0.1) is 0 Å². The Hall–Kier alpha value is -3.90. The molecule has 0 atom stereocenters. The molecule has 0 fully saturated rings. The lowest BCUT2D eigenvalue weighted by atomic mass is 10.0. The van der Waals surface area contributed by atoms with E-state index in [1.807, 2.05) is 77.7 Å². The zero-order valence-electron chi connectivity index (χ0n) is 18.3. The lowest BCUT2D eigenvalue weighted by molar-refractivity contribution is -0.119. The molecule has 2 heterocycles. The van der Waals surface area contributed by atoms with E-state index in [0.29, 0.717) is 25.2 Å². The van der Waals surface area contributed by atoms with Gasteiger partial charge < -0.3 is 19.4 Å². The highest BCUT2D eigenvalue weighted by Gasteiger charge is 2.26. The quantitative estimate of drug-likeness (QED) is 0.480. The van der Waals surface area contributed by atoms with Crippen LogP contribution in [-0.4, -0.2) is 37.0 Å². The third kappa shape index (κ3) is 4.25. The van der Waals surface area contributed by atoms with Crippen LogP contribution in [0.3, 0.4) is 0 Å². The Morgan fingerprint density at radius 2 is 1.82 bits per heavy atom. The summed E-state index contributed by atoms with van der Waals surface area (Å²) in [5, 5.41) is 4.82. The van der Waals surface area contributed by atoms with Crippen LogP contribution in [0.4, 0.5) is 5.69 Å². The van der Waals surface area contributed by atoms with E-state index in [0.717, 1.165) is 39.0 Å². The first kappa shape index (κ1) is 21.0. The number of anilines is 1. The molecular formula is C27H24N2O4. The first-order chi connectivity index (χ1) is 16.1. The van der Waals surface area contributed by atoms with E-state index < -0.39 is 0 Å². The zero-order chi connectivity index (χ0) is 22.8. The standard InChI is InChI=1S/C27H24N2O4/c1-32-17-26(30)28-21-11-9-19(10-12-21)25-15-20-16-29(14-13-24(20)33-25)27(31)23-8-4-6-18-5-2-3-7-22(18)23/h2-12,15H,13-14,16-17H2,1H3,(H,28,30). The van der Waals surface area contributed by atoms with Crippen molar-refractivity contribution in [1.82, 2.24) is 4.90 Å². The molecule has 0 radical (unpaired) electrons. The maximum absolute atomic E-state index is 13.3. The number of ether oxygens (including phenoxy) is 1. The van der Waals surface area contributed by atoms with Gasteiger partial charge in [-0.25, -0.2) is 0 Å². The number of benzene rings is 3. The van der Waals surface area contributed by atoms with Crippen LogP contribution >= 0.6 is 0 Å². The van der Waals surface area contributed by atoms with Crippen molar-refractivity contribution >= 4 is 28.3 Å². The number of fused-ring (bicyclic) bond motifs is 2. The van der Waals surface area contributed by atoms with Crippen molar-refractivity contribution in [2.45, 2.75) is 13.0 Å². The molecule has 1 N–H and O–H groups in total. The molecule has 0 aliphatic carbocycles. The van der Waals surface area contributed by atoms with Crippen molar-refractivity contribution in [3.63, 3.8) is 0 Å². The third-order valence-electron chi connectivity index (χ3n) is 5.90. The van der Waals surface area contributed by atoms with Gasteiger partial charge in [-0.2, -0.15) is 0 Å². The summed E-state index contributed by atoms with van der Waals surface area (Å²) in [6.45, 7) is 1.15. The normalized spacial score (nSPS) is 13.1. The number of carbonyl (C=O) groups is 2. The van der Waals surface area contributed by atoms with Crippen LogP contribution in [0, 0.1) is 0 Å². The van der Waals surface area contributed by atoms with Gasteiger partial charge in [0.15, 0.2) is 0 Å². The average Bonchev–Trinajstić information content (AvgIpc) is 3.27. The van der Waals surface area contributed by atoms with Crippen LogP contribution in [0.1, 0.15) is 21.7 Å². The average molecular weight is 440 g/mol. The van der Waals surface area contributed by atoms with Gasteiger partial charge in [-0.05, 0) is 47.2 Å². The Morgan fingerprint density at radius 1 is 1.03 bits per heavy atom. The Bertz CT molecular complexity index is 1320. The molecule has 33 heavy (non-hydrogen) atoms. The minimum atomic E-state index is -0.199. The molecule has 6 heteroatoms. The summed E-state index contributed by atoms with van der Waals surface area (Å²) in [6, 6.07) is 23.3. The first-order valence-corrected chi connectivity index (χ1v) is 10.9. The van der Waals surface area contributed by atoms with Gasteiger partial charge in [0.1, 0.15) is 18.1 Å². The number of nitrogens with one attached hydrogen (secondary N) is 1. The summed E-state index contributed by atoms with van der Waals surface area (Å²) < 4.78 is 10.9. The van der Waals surface area contributed by atoms with Gasteiger partial charge in [0.05, 0.1) is 0 Å². The number of carbonyl (C=O) groups excluding carboxylic acids is 2. The highest BCUT2D eigenvalue weighted by atomic mass is 16.5. The maximum atomic E-state index is 13.3. The lowest BCUT2D eigenvalue weighted by Gasteiger charge is -2.26. The van der Waals surface area contributed by atoms with E-state index >= 15 is 0 Å². The molecule has 1 aliphatic heterocycles. The van der Waals surface area contributed by atoms with Crippen molar-refractivity contribution in [3.05, 3.63) is 89.7 Å². The van der Waals surface area contributed by atoms with Gasteiger partial charge in [-0.3, -0.25) is 9.59 Å². The number of hydrogen-bond acceptors (Lipinski definition) is 4. The largest absolute Gasteiger partial charge is 0.461 e. The summed E-state index contributed by atoms with van der Waals surface area (Å²) in [7, 11) is 1.48. The third-order valence-corrected chi connectivity index (χ3v) is 5.90. The molecule has 5 rings (SSSR count). The molecule has 6 nitrogen and oxygen atoms in total. The highest BCUT2D eigenvalue weighted by Crippen LogP contribution is 2.31. The minimum absolute atomic E-state index is 0.0145. The molecule has 4 aromatic rings. The Labute approximate surface area is 191 Å². The number of methoxy groups -OCH3 is 1. The van der Waals surface area contributed by atoms with Crippen LogP contribution in [0.2, 0.25) is 0 Å². The fourth-order valence-electron chi connectivity index (χ4n) is 4.28. The van der Waals surface area contributed by atoms with Crippen molar-refractivity contribution in [2.24, 2.45) is 0 Å². The van der Waals surface area contributed by atoms with Gasteiger partial charge in [-0.1, -0.05) is 36.4 Å². The van der Waals surface area contributed by atoms with Crippen LogP contribution in [0.25, 0.3) is 22.1 Å². The number of furan rings is 1. The fourth-order valence-corrected chi connectivity index (χ4v) is 4.28. The minimum Gasteiger partial charge on any atom is -0.461 e. The van der Waals surface area contributed by atoms with Crippen LogP contribution in [0.5, 0.6) is 0 Å². The SMILES string of the molecule is COCC(=O)Nc1ccc(-c2cc3c(o2)CCN(C(=O)c2cccc4ccccc24)C3)cc1. The smallest absolute Gasteiger partial charge is 0.254 e. The summed E-state index contributed by atoms with van der Waals surface area (Å²) in [5.41, 5.74) is 3.37. The van der Waals surface area contributed by atoms with Crippen LogP contribution in [-0.2, 0) is 22.5 Å². The van der Waals surface area contributed by atoms with Crippen molar-refractivity contribution in [2.75, 3.05) is 25.6 Å². The topological polar surface area (TPSA) is 71.8 Å². The maximum Gasteiger partial charge on any atom is 0.254 e. The van der Waals surface area contributed by atoms with Gasteiger partial charge >= 0.3 is 0 Å². The predicted octanol–water partition coefficient (Wildman–Crippen LogP) is 4.88. The van der Waals surface area contributed by atoms with E-state index in [-0.39, 0.29) is 18.4 Å². The molecule has 1 aliphatic rings. The second-order valence-corrected chi connectivity index (χ2v) is 8.12. The molecule has 0 saturated carbocycles. The van der Waals surface area contributed by atoms with Gasteiger partial charge in [0, 0.05) is 49.0 Å². The molecule has 1 aromatic heterocycles. The summed E-state index contributed by atoms with van der Waals surface area (Å²) in [4.78, 5) is 26.9. The number of nitrogens with zero attached hydrogens (tertiary/aromatic N) is 1. The molecule has 166 valence electrons. The van der Waals surface area contributed by atoms with Crippen molar-refractivity contribution < 1.29 is 18.7 Å². The molecule has 3 aromatic carbocycles. The van der Waals surface area contributed by atoms with E-state index in [4.69, 9.17) is 9.15 Å². The first-order valence-electron chi connectivity index (χ1n) is 10.9. The Balaban J connectivity index is 1.33. The van der Waals surface area contributed by atoms with Gasteiger partial charge in [0.25, 0.3) is 5.91 Å². The second-order valence-electron chi connectivity index (χ2n) is 8.12. The Kier molecular flexibility index (Phi) is 5.67. The predicted molar refractivity (Wildman–Crippen MR) is 127 cm³/mol. The van der Waals surface area contributed by atoms with Crippen LogP contribution in [0.15, 0.2) is 77.2 Å². The molecule has 0 spiro atoms. The zero-order valence-corrected chi connectivity index (χ0v) is 18.3. The van der Waals surface area contributed by atoms with E-state index in [1.165, 1.54) is 7.11 Å². The molecule has 2 amide bonds.